The van der Waals surface area contributed by atoms with Crippen LogP contribution in [0.1, 0.15) is 49.4 Å². The van der Waals surface area contributed by atoms with Crippen molar-refractivity contribution in [1.82, 2.24) is 4.90 Å². The summed E-state index contributed by atoms with van der Waals surface area (Å²) in [6, 6.07) is 4.86. The molecule has 2 aliphatic rings. The second kappa shape index (κ2) is 8.08. The van der Waals surface area contributed by atoms with Gasteiger partial charge in [-0.05, 0) is 50.8 Å². The molecule has 0 N–H and O–H groups in total. The number of nitrogens with zero attached hydrogens (tertiary/aromatic N) is 2. The van der Waals surface area contributed by atoms with Gasteiger partial charge >= 0.3 is 5.97 Å². The van der Waals surface area contributed by atoms with Crippen molar-refractivity contribution < 1.29 is 19.1 Å². The van der Waals surface area contributed by atoms with Crippen molar-refractivity contribution >= 4 is 35.1 Å². The van der Waals surface area contributed by atoms with Crippen molar-refractivity contribution in [1.29, 1.82) is 0 Å². The molecule has 0 saturated carbocycles. The number of ether oxygens (including phenoxy) is 1. The van der Waals surface area contributed by atoms with Gasteiger partial charge in [-0.25, -0.2) is 4.79 Å². The van der Waals surface area contributed by atoms with E-state index < -0.39 is 5.97 Å². The number of hydrogen-bond donors (Lipinski definition) is 0. The average Bonchev–Trinajstić information content (AvgIpc) is 3.06. The van der Waals surface area contributed by atoms with E-state index in [4.69, 9.17) is 16.3 Å². The highest BCUT2D eigenvalue weighted by molar-refractivity contribution is 6.34. The molecule has 1 aromatic rings. The van der Waals surface area contributed by atoms with Crippen molar-refractivity contribution in [3.8, 4) is 0 Å². The van der Waals surface area contributed by atoms with Crippen LogP contribution in [-0.4, -0.2) is 48.4 Å². The van der Waals surface area contributed by atoms with E-state index in [9.17, 15) is 14.4 Å². The van der Waals surface area contributed by atoms with Crippen LogP contribution in [-0.2, 0) is 14.3 Å². The molecule has 2 heterocycles. The minimum Gasteiger partial charge on any atom is -0.452 e. The van der Waals surface area contributed by atoms with Crippen molar-refractivity contribution in [3.05, 3.63) is 28.8 Å². The Kier molecular flexibility index (Phi) is 5.81. The summed E-state index contributed by atoms with van der Waals surface area (Å²) in [6.45, 7) is 3.03. The molecule has 7 heteroatoms. The van der Waals surface area contributed by atoms with E-state index in [2.05, 4.69) is 0 Å². The minimum absolute atomic E-state index is 0.00770. The van der Waals surface area contributed by atoms with Crippen molar-refractivity contribution in [2.75, 3.05) is 24.6 Å². The van der Waals surface area contributed by atoms with Gasteiger partial charge in [0, 0.05) is 25.6 Å². The summed E-state index contributed by atoms with van der Waals surface area (Å²) < 4.78 is 5.20. The number of piperidine rings is 1. The minimum atomic E-state index is -0.590. The van der Waals surface area contributed by atoms with Gasteiger partial charge in [0.25, 0.3) is 5.91 Å². The molecule has 0 spiro atoms. The molecular weight excluding hydrogens is 356 g/mol. The second-order valence-electron chi connectivity index (χ2n) is 6.82. The maximum Gasteiger partial charge on any atom is 0.338 e. The number of anilines is 1. The summed E-state index contributed by atoms with van der Waals surface area (Å²) in [5.74, 6) is -0.770. The second-order valence-corrected chi connectivity index (χ2v) is 7.23. The zero-order valence-corrected chi connectivity index (χ0v) is 15.6. The molecule has 0 unspecified atom stereocenters. The van der Waals surface area contributed by atoms with Crippen LogP contribution in [0, 0.1) is 0 Å². The SMILES string of the molecule is C[C@H]1CCCCN1C(=O)COC(=O)c1ccc(Cl)c(N2CCCC2=O)c1. The molecule has 2 aliphatic heterocycles. The molecular formula is C19H23ClN2O4. The number of amides is 2. The average molecular weight is 379 g/mol. The lowest BCUT2D eigenvalue weighted by atomic mass is 10.0. The molecule has 0 radical (unpaired) electrons. The fourth-order valence-electron chi connectivity index (χ4n) is 3.51. The quantitative estimate of drug-likeness (QED) is 0.755. The van der Waals surface area contributed by atoms with E-state index in [1.54, 1.807) is 28.0 Å². The highest BCUT2D eigenvalue weighted by atomic mass is 35.5. The molecule has 2 amide bonds. The third-order valence-corrected chi connectivity index (χ3v) is 5.32. The van der Waals surface area contributed by atoms with Crippen LogP contribution in [0.5, 0.6) is 0 Å². The first kappa shape index (κ1) is 18.7. The summed E-state index contributed by atoms with van der Waals surface area (Å²) in [5.41, 5.74) is 0.795. The van der Waals surface area contributed by atoms with Crippen LogP contribution in [0.15, 0.2) is 18.2 Å². The fraction of sp³-hybridized carbons (Fsp3) is 0.526. The lowest BCUT2D eigenvalue weighted by Crippen LogP contribution is -2.44. The van der Waals surface area contributed by atoms with E-state index in [1.807, 2.05) is 6.92 Å². The van der Waals surface area contributed by atoms with Gasteiger partial charge < -0.3 is 14.5 Å². The van der Waals surface area contributed by atoms with Gasteiger partial charge in [0.15, 0.2) is 6.61 Å². The molecule has 6 nitrogen and oxygen atoms in total. The van der Waals surface area contributed by atoms with E-state index in [0.29, 0.717) is 30.2 Å². The van der Waals surface area contributed by atoms with Crippen molar-refractivity contribution in [2.24, 2.45) is 0 Å². The number of carbonyl (C=O) groups is 3. The standard InChI is InChI=1S/C19H23ClN2O4/c1-13-5-2-3-9-21(13)18(24)12-26-19(25)14-7-8-15(20)16(11-14)22-10-4-6-17(22)23/h7-8,11,13H,2-6,9-10,12H2,1H3/t13-/m0/s1. The van der Waals surface area contributed by atoms with Gasteiger partial charge in [-0.15, -0.1) is 0 Å². The molecule has 0 aromatic heterocycles. The fourth-order valence-corrected chi connectivity index (χ4v) is 3.73. The Labute approximate surface area is 158 Å². The monoisotopic (exact) mass is 378 g/mol. The van der Waals surface area contributed by atoms with Crippen LogP contribution in [0.3, 0.4) is 0 Å². The molecule has 1 aromatic carbocycles. The lowest BCUT2D eigenvalue weighted by molar-refractivity contribution is -0.137. The first-order chi connectivity index (χ1) is 12.5. The summed E-state index contributed by atoms with van der Waals surface area (Å²) >= 11 is 6.18. The summed E-state index contributed by atoms with van der Waals surface area (Å²) in [4.78, 5) is 39.9. The number of likely N-dealkylation sites (tertiary alicyclic amines) is 1. The third kappa shape index (κ3) is 4.01. The lowest BCUT2D eigenvalue weighted by Gasteiger charge is -2.33. The first-order valence-electron chi connectivity index (χ1n) is 9.04. The van der Waals surface area contributed by atoms with Crippen LogP contribution in [0.2, 0.25) is 5.02 Å². The van der Waals surface area contributed by atoms with Crippen LogP contribution < -0.4 is 4.90 Å². The molecule has 3 rings (SSSR count). The largest absolute Gasteiger partial charge is 0.452 e. The number of esters is 1. The predicted molar refractivity (Wildman–Crippen MR) is 98.3 cm³/mol. The molecule has 0 aliphatic carbocycles. The Balaban J connectivity index is 1.64. The molecule has 2 saturated heterocycles. The van der Waals surface area contributed by atoms with E-state index in [-0.39, 0.29) is 30.0 Å². The first-order valence-corrected chi connectivity index (χ1v) is 9.41. The molecule has 2 fully saturated rings. The third-order valence-electron chi connectivity index (χ3n) is 5.00. The predicted octanol–water partition coefficient (Wildman–Crippen LogP) is 3.02. The van der Waals surface area contributed by atoms with Gasteiger partial charge in [0.2, 0.25) is 5.91 Å². The number of carbonyl (C=O) groups excluding carboxylic acids is 3. The number of rotatable bonds is 4. The Morgan fingerprint density at radius 2 is 2.04 bits per heavy atom. The number of hydrogen-bond acceptors (Lipinski definition) is 4. The highest BCUT2D eigenvalue weighted by Gasteiger charge is 2.26. The smallest absolute Gasteiger partial charge is 0.338 e. The van der Waals surface area contributed by atoms with Gasteiger partial charge in [-0.3, -0.25) is 9.59 Å². The van der Waals surface area contributed by atoms with E-state index >= 15 is 0 Å². The number of halogens is 1. The Morgan fingerprint density at radius 1 is 1.23 bits per heavy atom. The topological polar surface area (TPSA) is 66.9 Å². The summed E-state index contributed by atoms with van der Waals surface area (Å²) in [7, 11) is 0. The molecule has 1 atom stereocenters. The zero-order valence-electron chi connectivity index (χ0n) is 14.9. The Bertz CT molecular complexity index is 721. The highest BCUT2D eigenvalue weighted by Crippen LogP contribution is 2.30. The van der Waals surface area contributed by atoms with Gasteiger partial charge in [0.05, 0.1) is 16.3 Å². The normalized spacial score (nSPS) is 20.4. The van der Waals surface area contributed by atoms with Gasteiger partial charge in [-0.2, -0.15) is 0 Å². The maximum absolute atomic E-state index is 12.3. The Hall–Kier alpha value is -2.08. The van der Waals surface area contributed by atoms with Gasteiger partial charge in [0.1, 0.15) is 0 Å². The number of benzene rings is 1. The van der Waals surface area contributed by atoms with Crippen molar-refractivity contribution in [3.63, 3.8) is 0 Å². The Morgan fingerprint density at radius 3 is 2.73 bits per heavy atom. The van der Waals surface area contributed by atoms with E-state index in [1.165, 1.54) is 0 Å². The van der Waals surface area contributed by atoms with Crippen molar-refractivity contribution in [2.45, 2.75) is 45.1 Å². The molecule has 26 heavy (non-hydrogen) atoms. The summed E-state index contributed by atoms with van der Waals surface area (Å²) in [5, 5.41) is 0.412. The van der Waals surface area contributed by atoms with E-state index in [0.717, 1.165) is 25.7 Å². The van der Waals surface area contributed by atoms with Crippen LogP contribution >= 0.6 is 11.6 Å². The van der Waals surface area contributed by atoms with Gasteiger partial charge in [-0.1, -0.05) is 11.6 Å². The zero-order chi connectivity index (χ0) is 18.7. The molecule has 140 valence electrons. The van der Waals surface area contributed by atoms with Crippen LogP contribution in [0.4, 0.5) is 5.69 Å². The molecule has 0 bridgehead atoms. The van der Waals surface area contributed by atoms with Crippen LogP contribution in [0.25, 0.3) is 0 Å². The summed E-state index contributed by atoms with van der Waals surface area (Å²) in [6.07, 6.45) is 4.33. The maximum atomic E-state index is 12.3.